The van der Waals surface area contributed by atoms with Crippen LogP contribution in [-0.4, -0.2) is 24.4 Å². The van der Waals surface area contributed by atoms with Crippen LogP contribution in [0.3, 0.4) is 0 Å². The van der Waals surface area contributed by atoms with Gasteiger partial charge in [-0.2, -0.15) is 0 Å². The van der Waals surface area contributed by atoms with Gasteiger partial charge in [0.25, 0.3) is 15.7 Å². The van der Waals surface area contributed by atoms with E-state index in [4.69, 9.17) is 32.7 Å². The highest BCUT2D eigenvalue weighted by molar-refractivity contribution is 7.90. The fourth-order valence-electron chi connectivity index (χ4n) is 2.38. The molecule has 3 rings (SSSR count). The van der Waals surface area contributed by atoms with E-state index in [2.05, 4.69) is 0 Å². The van der Waals surface area contributed by atoms with Gasteiger partial charge in [0.15, 0.2) is 5.75 Å². The molecule has 8 nitrogen and oxygen atoms in total. The summed E-state index contributed by atoms with van der Waals surface area (Å²) >= 11 is 12.1. The van der Waals surface area contributed by atoms with E-state index in [-0.39, 0.29) is 37.9 Å². The lowest BCUT2D eigenvalue weighted by Crippen LogP contribution is -2.12. The van der Waals surface area contributed by atoms with E-state index in [0.29, 0.717) is 0 Å². The van der Waals surface area contributed by atoms with E-state index in [1.54, 1.807) is 12.1 Å². The summed E-state index contributed by atoms with van der Waals surface area (Å²) < 4.78 is 37.5. The average Bonchev–Trinajstić information content (AvgIpc) is 3.20. The topological polar surface area (TPSA) is 101 Å². The second kappa shape index (κ2) is 7.70. The lowest BCUT2D eigenvalue weighted by atomic mass is 10.3. The average molecular weight is 443 g/mol. The highest BCUT2D eigenvalue weighted by Crippen LogP contribution is 2.40. The van der Waals surface area contributed by atoms with E-state index in [1.807, 2.05) is 0 Å². The van der Waals surface area contributed by atoms with Gasteiger partial charge < -0.3 is 9.47 Å². The molecule has 11 heteroatoms. The molecule has 28 heavy (non-hydrogen) atoms. The van der Waals surface area contributed by atoms with Crippen LogP contribution in [0.4, 0.5) is 5.69 Å². The zero-order chi connectivity index (χ0) is 20.5. The number of nitro groups is 1. The Morgan fingerprint density at radius 1 is 1.07 bits per heavy atom. The van der Waals surface area contributed by atoms with Crippen molar-refractivity contribution >= 4 is 38.9 Å². The molecule has 0 radical (unpaired) electrons. The highest BCUT2D eigenvalue weighted by Gasteiger charge is 2.23. The molecule has 0 aliphatic rings. The molecule has 0 N–H and O–H groups in total. The number of non-ortho nitro benzene ring substituents is 1. The molecule has 0 atom stereocenters. The number of nitrogens with zero attached hydrogens (tertiary/aromatic N) is 2. The van der Waals surface area contributed by atoms with Crippen molar-refractivity contribution in [1.82, 2.24) is 3.97 Å². The van der Waals surface area contributed by atoms with Crippen molar-refractivity contribution in [3.8, 4) is 17.2 Å². The predicted molar refractivity (Wildman–Crippen MR) is 103 cm³/mol. The summed E-state index contributed by atoms with van der Waals surface area (Å²) in [5, 5.41) is 10.7. The minimum absolute atomic E-state index is 0.0385. The van der Waals surface area contributed by atoms with Crippen LogP contribution in [0.25, 0.3) is 0 Å². The fourth-order valence-corrected chi connectivity index (χ4v) is 4.29. The number of nitro benzene ring substituents is 1. The Hall–Kier alpha value is -2.75. The van der Waals surface area contributed by atoms with Crippen molar-refractivity contribution in [3.63, 3.8) is 0 Å². The van der Waals surface area contributed by atoms with Crippen LogP contribution in [0.1, 0.15) is 0 Å². The Morgan fingerprint density at radius 3 is 2.21 bits per heavy atom. The van der Waals surface area contributed by atoms with Crippen molar-refractivity contribution in [2.24, 2.45) is 0 Å². The molecule has 0 amide bonds. The predicted octanol–water partition coefficient (Wildman–Crippen LogP) is 4.74. The Balaban J connectivity index is 2.05. The van der Waals surface area contributed by atoms with E-state index in [0.717, 1.165) is 16.1 Å². The molecule has 2 aromatic carbocycles. The molecule has 146 valence electrons. The van der Waals surface area contributed by atoms with Crippen LogP contribution < -0.4 is 9.47 Å². The molecule has 1 heterocycles. The smallest absolute Gasteiger partial charge is 0.272 e. The van der Waals surface area contributed by atoms with Crippen LogP contribution in [0.15, 0.2) is 59.8 Å². The minimum atomic E-state index is -3.94. The molecule has 0 bridgehead atoms. The molecule has 1 aromatic heterocycles. The van der Waals surface area contributed by atoms with E-state index < -0.39 is 14.9 Å². The number of rotatable bonds is 6. The summed E-state index contributed by atoms with van der Waals surface area (Å²) in [6.45, 7) is 0. The van der Waals surface area contributed by atoms with Crippen LogP contribution in [-0.2, 0) is 10.0 Å². The SMILES string of the molecule is COc1ccc(Oc2c(Cl)cc([N+](=O)[O-])cc2Cl)cc1S(=O)(=O)n1cccc1. The number of methoxy groups -OCH3 is 1. The van der Waals surface area contributed by atoms with Gasteiger partial charge in [-0.1, -0.05) is 23.2 Å². The van der Waals surface area contributed by atoms with Gasteiger partial charge in [-0.05, 0) is 24.3 Å². The summed E-state index contributed by atoms with van der Waals surface area (Å²) in [6, 6.07) is 9.44. The molecule has 0 saturated heterocycles. The van der Waals surface area contributed by atoms with Crippen molar-refractivity contribution < 1.29 is 22.8 Å². The molecule has 0 fully saturated rings. The first-order valence-corrected chi connectivity index (χ1v) is 9.81. The first-order valence-electron chi connectivity index (χ1n) is 7.62. The third-order valence-corrected chi connectivity index (χ3v) is 5.92. The fraction of sp³-hybridized carbons (Fsp3) is 0.0588. The van der Waals surface area contributed by atoms with E-state index in [9.17, 15) is 18.5 Å². The molecule has 0 aliphatic heterocycles. The molecule has 0 spiro atoms. The Bertz CT molecular complexity index is 1120. The first-order chi connectivity index (χ1) is 13.2. The molecule has 3 aromatic rings. The zero-order valence-corrected chi connectivity index (χ0v) is 16.5. The lowest BCUT2D eigenvalue weighted by molar-refractivity contribution is -0.384. The number of hydrogen-bond donors (Lipinski definition) is 0. The van der Waals surface area contributed by atoms with Crippen molar-refractivity contribution in [2.75, 3.05) is 7.11 Å². The quantitative estimate of drug-likeness (QED) is 0.403. The number of halogens is 2. The summed E-state index contributed by atoms with van der Waals surface area (Å²) in [5.74, 6) is 0.175. The maximum atomic E-state index is 12.8. The van der Waals surface area contributed by atoms with Crippen molar-refractivity contribution in [1.29, 1.82) is 0 Å². The largest absolute Gasteiger partial charge is 0.495 e. The Kier molecular flexibility index (Phi) is 5.50. The van der Waals surface area contributed by atoms with Gasteiger partial charge in [0.1, 0.15) is 16.4 Å². The monoisotopic (exact) mass is 442 g/mol. The van der Waals surface area contributed by atoms with Gasteiger partial charge in [-0.3, -0.25) is 10.1 Å². The Morgan fingerprint density at radius 2 is 1.68 bits per heavy atom. The van der Waals surface area contributed by atoms with Gasteiger partial charge in [0.05, 0.1) is 22.1 Å². The third-order valence-electron chi connectivity index (χ3n) is 3.68. The molecular weight excluding hydrogens is 431 g/mol. The summed E-state index contributed by atoms with van der Waals surface area (Å²) in [4.78, 5) is 10.1. The summed E-state index contributed by atoms with van der Waals surface area (Å²) in [7, 11) is -2.59. The second-order valence-electron chi connectivity index (χ2n) is 5.43. The number of benzene rings is 2. The molecule has 0 saturated carbocycles. The van der Waals surface area contributed by atoms with Gasteiger partial charge >= 0.3 is 0 Å². The van der Waals surface area contributed by atoms with E-state index >= 15 is 0 Å². The standard InChI is InChI=1S/C17H12Cl2N2O6S/c1-26-15-5-4-12(10-16(15)28(24,25)20-6-2-3-7-20)27-17-13(18)8-11(21(22)23)9-14(17)19/h2-10H,1H3. The van der Waals surface area contributed by atoms with Crippen molar-refractivity contribution in [3.05, 3.63) is 75.0 Å². The van der Waals surface area contributed by atoms with E-state index in [1.165, 1.54) is 37.7 Å². The van der Waals surface area contributed by atoms with Crippen LogP contribution >= 0.6 is 23.2 Å². The lowest BCUT2D eigenvalue weighted by Gasteiger charge is -2.14. The van der Waals surface area contributed by atoms with Gasteiger partial charge in [-0.15, -0.1) is 0 Å². The number of aromatic nitrogens is 1. The van der Waals surface area contributed by atoms with Gasteiger partial charge in [-0.25, -0.2) is 12.4 Å². The molecule has 0 aliphatic carbocycles. The number of hydrogen-bond acceptors (Lipinski definition) is 6. The number of ether oxygens (including phenoxy) is 2. The normalized spacial score (nSPS) is 11.2. The van der Waals surface area contributed by atoms with Crippen LogP contribution in [0, 0.1) is 10.1 Å². The minimum Gasteiger partial charge on any atom is -0.495 e. The molecular formula is C17H12Cl2N2O6S. The highest BCUT2D eigenvalue weighted by atomic mass is 35.5. The second-order valence-corrected chi connectivity index (χ2v) is 8.05. The van der Waals surface area contributed by atoms with Gasteiger partial charge in [0.2, 0.25) is 0 Å². The first kappa shape index (κ1) is 20.0. The van der Waals surface area contributed by atoms with Crippen LogP contribution in [0.2, 0.25) is 10.0 Å². The maximum absolute atomic E-state index is 12.8. The van der Waals surface area contributed by atoms with Crippen molar-refractivity contribution in [2.45, 2.75) is 4.90 Å². The van der Waals surface area contributed by atoms with Gasteiger partial charge in [0, 0.05) is 30.6 Å². The van der Waals surface area contributed by atoms with Crippen LogP contribution in [0.5, 0.6) is 17.2 Å². The summed E-state index contributed by atoms with van der Waals surface area (Å²) in [5.41, 5.74) is -0.298. The Labute approximate surface area is 170 Å². The maximum Gasteiger partial charge on any atom is 0.272 e. The molecule has 0 unspecified atom stereocenters. The zero-order valence-electron chi connectivity index (χ0n) is 14.2. The third kappa shape index (κ3) is 3.77. The summed E-state index contributed by atoms with van der Waals surface area (Å²) in [6.07, 6.45) is 2.76.